The molecule has 0 bridgehead atoms. The molecular weight excluding hydrogens is 266 g/mol. The molecule has 0 aromatic heterocycles. The van der Waals surface area contributed by atoms with E-state index in [4.69, 9.17) is 17.3 Å². The predicted molar refractivity (Wildman–Crippen MR) is 73.1 cm³/mol. The zero-order valence-electron chi connectivity index (χ0n) is 10.6. The van der Waals surface area contributed by atoms with E-state index in [2.05, 4.69) is 5.32 Å². The topological polar surface area (TPSA) is 75.4 Å². The summed E-state index contributed by atoms with van der Waals surface area (Å²) in [6.07, 6.45) is 0. The molecule has 1 aliphatic rings. The molecule has 0 saturated carbocycles. The zero-order chi connectivity index (χ0) is 14.0. The third-order valence-corrected chi connectivity index (χ3v) is 3.34. The molecule has 1 saturated heterocycles. The third kappa shape index (κ3) is 3.05. The number of rotatable bonds is 2. The fourth-order valence-electron chi connectivity index (χ4n) is 2.23. The van der Waals surface area contributed by atoms with Gasteiger partial charge < -0.3 is 16.0 Å². The average Bonchev–Trinajstić information content (AvgIpc) is 2.36. The van der Waals surface area contributed by atoms with Gasteiger partial charge in [-0.15, -0.1) is 0 Å². The van der Waals surface area contributed by atoms with Gasteiger partial charge in [0.25, 0.3) is 5.91 Å². The number of nitrogens with one attached hydrogen (secondary N) is 1. The van der Waals surface area contributed by atoms with Gasteiger partial charge >= 0.3 is 0 Å². The number of benzene rings is 1. The molecular formula is C13H16ClN3O2. The van der Waals surface area contributed by atoms with Crippen molar-refractivity contribution in [3.05, 3.63) is 34.3 Å². The van der Waals surface area contributed by atoms with Crippen LogP contribution in [-0.2, 0) is 4.79 Å². The van der Waals surface area contributed by atoms with Crippen molar-refractivity contribution in [1.29, 1.82) is 0 Å². The summed E-state index contributed by atoms with van der Waals surface area (Å²) in [5.74, 6) is -0.713. The van der Waals surface area contributed by atoms with Crippen molar-refractivity contribution >= 4 is 23.4 Å². The van der Waals surface area contributed by atoms with Gasteiger partial charge in [0.15, 0.2) is 0 Å². The maximum Gasteiger partial charge on any atom is 0.254 e. The van der Waals surface area contributed by atoms with Gasteiger partial charge in [-0.25, -0.2) is 0 Å². The first-order valence-electron chi connectivity index (χ1n) is 6.07. The van der Waals surface area contributed by atoms with Crippen LogP contribution in [0.4, 0.5) is 0 Å². The lowest BCUT2D eigenvalue weighted by molar-refractivity contribution is -0.122. The van der Waals surface area contributed by atoms with Gasteiger partial charge in [0.1, 0.15) is 6.04 Å². The van der Waals surface area contributed by atoms with E-state index in [-0.39, 0.29) is 5.91 Å². The Hall–Kier alpha value is -1.59. The van der Waals surface area contributed by atoms with E-state index in [9.17, 15) is 9.59 Å². The van der Waals surface area contributed by atoms with Crippen LogP contribution in [-0.4, -0.2) is 42.4 Å². The van der Waals surface area contributed by atoms with E-state index in [1.165, 1.54) is 4.90 Å². The number of piperazine rings is 1. The lowest BCUT2D eigenvalue weighted by Crippen LogP contribution is -2.58. The smallest absolute Gasteiger partial charge is 0.254 e. The van der Waals surface area contributed by atoms with Crippen LogP contribution in [0.1, 0.15) is 15.9 Å². The quantitative estimate of drug-likeness (QED) is 0.831. The molecule has 1 aromatic rings. The summed E-state index contributed by atoms with van der Waals surface area (Å²) < 4.78 is 0. The minimum atomic E-state index is -0.611. The second-order valence-corrected chi connectivity index (χ2v) is 5.07. The van der Waals surface area contributed by atoms with E-state index >= 15 is 0 Å². The first-order chi connectivity index (χ1) is 8.99. The van der Waals surface area contributed by atoms with Crippen LogP contribution in [0.3, 0.4) is 0 Å². The fraction of sp³-hybridized carbons (Fsp3) is 0.385. The maximum atomic E-state index is 12.5. The van der Waals surface area contributed by atoms with Gasteiger partial charge in [-0.2, -0.15) is 0 Å². The van der Waals surface area contributed by atoms with Crippen LogP contribution >= 0.6 is 11.6 Å². The molecule has 1 fully saturated rings. The van der Waals surface area contributed by atoms with E-state index in [1.807, 2.05) is 6.92 Å². The number of primary amides is 1. The Kier molecular flexibility index (Phi) is 4.07. The van der Waals surface area contributed by atoms with Gasteiger partial charge in [0, 0.05) is 30.2 Å². The van der Waals surface area contributed by atoms with Crippen LogP contribution < -0.4 is 11.1 Å². The summed E-state index contributed by atoms with van der Waals surface area (Å²) in [5, 5.41) is 3.56. The molecule has 2 amide bonds. The molecule has 1 atom stereocenters. The Bertz CT molecular complexity index is 498. The van der Waals surface area contributed by atoms with Crippen LogP contribution in [0, 0.1) is 6.92 Å². The van der Waals surface area contributed by atoms with Gasteiger partial charge in [-0.05, 0) is 30.7 Å². The van der Waals surface area contributed by atoms with Crippen molar-refractivity contribution < 1.29 is 9.59 Å². The zero-order valence-corrected chi connectivity index (χ0v) is 11.4. The lowest BCUT2D eigenvalue weighted by atomic mass is 10.1. The summed E-state index contributed by atoms with van der Waals surface area (Å²) in [6.45, 7) is 3.36. The van der Waals surface area contributed by atoms with E-state index in [0.29, 0.717) is 30.2 Å². The Labute approximate surface area is 116 Å². The van der Waals surface area contributed by atoms with Crippen molar-refractivity contribution in [3.63, 3.8) is 0 Å². The van der Waals surface area contributed by atoms with Crippen molar-refractivity contribution in [2.24, 2.45) is 5.73 Å². The van der Waals surface area contributed by atoms with Crippen molar-refractivity contribution in [3.8, 4) is 0 Å². The molecule has 0 spiro atoms. The second-order valence-electron chi connectivity index (χ2n) is 4.64. The number of halogens is 1. The molecule has 6 heteroatoms. The van der Waals surface area contributed by atoms with E-state index in [1.54, 1.807) is 18.2 Å². The fourth-order valence-corrected chi connectivity index (χ4v) is 2.52. The van der Waals surface area contributed by atoms with Gasteiger partial charge in [-0.3, -0.25) is 9.59 Å². The summed E-state index contributed by atoms with van der Waals surface area (Å²) >= 11 is 5.96. The van der Waals surface area contributed by atoms with Crippen LogP contribution in [0.5, 0.6) is 0 Å². The number of hydrogen-bond acceptors (Lipinski definition) is 3. The molecule has 3 N–H and O–H groups in total. The molecule has 1 unspecified atom stereocenters. The predicted octanol–water partition coefficient (Wildman–Crippen LogP) is 0.548. The highest BCUT2D eigenvalue weighted by molar-refractivity contribution is 6.31. The van der Waals surface area contributed by atoms with Crippen LogP contribution in [0.15, 0.2) is 18.2 Å². The molecule has 0 aliphatic carbocycles. The Morgan fingerprint density at radius 2 is 2.16 bits per heavy atom. The first-order valence-corrected chi connectivity index (χ1v) is 6.45. The highest BCUT2D eigenvalue weighted by atomic mass is 35.5. The number of hydrogen-bond donors (Lipinski definition) is 2. The lowest BCUT2D eigenvalue weighted by Gasteiger charge is -2.34. The summed E-state index contributed by atoms with van der Waals surface area (Å²) in [5.41, 5.74) is 6.72. The molecule has 2 rings (SSSR count). The van der Waals surface area contributed by atoms with Crippen LogP contribution in [0.2, 0.25) is 5.02 Å². The molecule has 0 radical (unpaired) electrons. The SMILES string of the molecule is Cc1cc(Cl)cc(C(=O)N2CCNCC2C(N)=O)c1. The summed E-state index contributed by atoms with van der Waals surface area (Å²) in [6, 6.07) is 4.54. The Morgan fingerprint density at radius 1 is 1.42 bits per heavy atom. The van der Waals surface area contributed by atoms with Gasteiger partial charge in [-0.1, -0.05) is 11.6 Å². The Balaban J connectivity index is 2.28. The largest absolute Gasteiger partial charge is 0.368 e. The molecule has 5 nitrogen and oxygen atoms in total. The Morgan fingerprint density at radius 3 is 2.79 bits per heavy atom. The molecule has 1 aliphatic heterocycles. The minimum Gasteiger partial charge on any atom is -0.368 e. The number of nitrogens with zero attached hydrogens (tertiary/aromatic N) is 1. The highest BCUT2D eigenvalue weighted by Crippen LogP contribution is 2.17. The average molecular weight is 282 g/mol. The van der Waals surface area contributed by atoms with Gasteiger partial charge in [0.2, 0.25) is 5.91 Å². The van der Waals surface area contributed by atoms with Crippen molar-refractivity contribution in [1.82, 2.24) is 10.2 Å². The number of carbonyl (C=O) groups is 2. The van der Waals surface area contributed by atoms with Crippen molar-refractivity contribution in [2.75, 3.05) is 19.6 Å². The van der Waals surface area contributed by atoms with E-state index in [0.717, 1.165) is 5.56 Å². The third-order valence-electron chi connectivity index (χ3n) is 3.12. The maximum absolute atomic E-state index is 12.5. The van der Waals surface area contributed by atoms with Crippen molar-refractivity contribution in [2.45, 2.75) is 13.0 Å². The highest BCUT2D eigenvalue weighted by Gasteiger charge is 2.31. The summed E-state index contributed by atoms with van der Waals surface area (Å²) in [7, 11) is 0. The normalized spacial score (nSPS) is 19.3. The first kappa shape index (κ1) is 13.8. The molecule has 102 valence electrons. The van der Waals surface area contributed by atoms with E-state index < -0.39 is 11.9 Å². The summed E-state index contributed by atoms with van der Waals surface area (Å²) in [4.78, 5) is 25.4. The molecule has 1 aromatic carbocycles. The minimum absolute atomic E-state index is 0.212. The monoisotopic (exact) mass is 281 g/mol. The molecule has 19 heavy (non-hydrogen) atoms. The number of carbonyl (C=O) groups excluding carboxylic acids is 2. The standard InChI is InChI=1S/C13H16ClN3O2/c1-8-4-9(6-10(14)5-8)13(19)17-3-2-16-7-11(17)12(15)18/h4-6,11,16H,2-3,7H2,1H3,(H2,15,18). The van der Waals surface area contributed by atoms with Crippen LogP contribution in [0.25, 0.3) is 0 Å². The molecule has 1 heterocycles. The van der Waals surface area contributed by atoms with Gasteiger partial charge in [0.05, 0.1) is 0 Å². The number of aryl methyl sites for hydroxylation is 1. The number of amides is 2. The second kappa shape index (κ2) is 5.59. The number of nitrogens with two attached hydrogens (primary N) is 1.